The van der Waals surface area contributed by atoms with E-state index in [9.17, 15) is 14.9 Å². The van der Waals surface area contributed by atoms with Crippen LogP contribution in [-0.4, -0.2) is 80.4 Å². The molecule has 10 heteroatoms. The van der Waals surface area contributed by atoms with Gasteiger partial charge in [-0.3, -0.25) is 4.90 Å². The molecule has 9 nitrogen and oxygen atoms in total. The summed E-state index contributed by atoms with van der Waals surface area (Å²) >= 11 is 0. The molecule has 0 saturated carbocycles. The van der Waals surface area contributed by atoms with Gasteiger partial charge in [0.05, 0.1) is 23.2 Å². The number of carbonyl (C=O) groups is 2. The van der Waals surface area contributed by atoms with Crippen LogP contribution in [0.15, 0.2) is 54.6 Å². The molecular formula is C35H49N3O6Si. The van der Waals surface area contributed by atoms with Crippen LogP contribution in [0.1, 0.15) is 64.4 Å². The van der Waals surface area contributed by atoms with Crippen molar-refractivity contribution in [1.29, 1.82) is 5.26 Å². The minimum atomic E-state index is -2.26. The summed E-state index contributed by atoms with van der Waals surface area (Å²) in [6, 6.07) is 18.1. The lowest BCUT2D eigenvalue weighted by Crippen LogP contribution is -2.65. The highest BCUT2D eigenvalue weighted by atomic mass is 28.4. The molecule has 2 saturated heterocycles. The maximum absolute atomic E-state index is 13.2. The van der Waals surface area contributed by atoms with Gasteiger partial charge in [-0.15, -0.1) is 0 Å². The average molecular weight is 636 g/mol. The first-order chi connectivity index (χ1) is 21.0. The highest BCUT2D eigenvalue weighted by molar-refractivity contribution is 6.74. The molecule has 2 heterocycles. The van der Waals surface area contributed by atoms with Gasteiger partial charge in [0, 0.05) is 38.0 Å². The Bertz CT molecular complexity index is 1350. The smallest absolute Gasteiger partial charge is 0.410 e. The second-order valence-electron chi connectivity index (χ2n) is 14.8. The van der Waals surface area contributed by atoms with Crippen LogP contribution >= 0.6 is 0 Å². The number of ether oxygens (including phenoxy) is 3. The van der Waals surface area contributed by atoms with Gasteiger partial charge in [0.1, 0.15) is 17.5 Å². The number of esters is 1. The summed E-state index contributed by atoms with van der Waals surface area (Å²) in [6.45, 7) is 20.7. The first kappa shape index (κ1) is 34.5. The Kier molecular flexibility index (Phi) is 10.4. The first-order valence-corrected chi connectivity index (χ1v) is 18.7. The zero-order valence-corrected chi connectivity index (χ0v) is 29.2. The normalized spacial score (nSPS) is 22.1. The lowest BCUT2D eigenvalue weighted by molar-refractivity contribution is -0.125. The van der Waals surface area contributed by atoms with Crippen molar-refractivity contribution in [2.45, 2.75) is 90.6 Å². The Morgan fingerprint density at radius 2 is 1.49 bits per heavy atom. The second kappa shape index (κ2) is 13.5. The summed E-state index contributed by atoms with van der Waals surface area (Å²) in [5, 5.41) is 9.22. The molecule has 2 aromatic carbocycles. The van der Waals surface area contributed by atoms with Crippen molar-refractivity contribution in [2.75, 3.05) is 26.2 Å². The van der Waals surface area contributed by atoms with Gasteiger partial charge in [-0.25, -0.2) is 9.59 Å². The Labute approximate surface area is 269 Å². The number of rotatable bonds is 8. The third kappa shape index (κ3) is 8.66. The number of amides is 1. The second-order valence-corrected chi connectivity index (χ2v) is 19.6. The Morgan fingerprint density at radius 1 is 0.911 bits per heavy atom. The van der Waals surface area contributed by atoms with Crippen molar-refractivity contribution in [2.24, 2.45) is 11.8 Å². The summed E-state index contributed by atoms with van der Waals surface area (Å²) < 4.78 is 25.3. The third-order valence-corrected chi connectivity index (χ3v) is 13.5. The molecule has 2 aliphatic rings. The van der Waals surface area contributed by atoms with Crippen LogP contribution in [0.3, 0.4) is 0 Å². The molecule has 4 rings (SSSR count). The number of piperidine rings is 2. The minimum Gasteiger partial charge on any atom is -0.464 e. The molecule has 1 amide bonds. The average Bonchev–Trinajstić information content (AvgIpc) is 2.95. The van der Waals surface area contributed by atoms with Crippen LogP contribution in [-0.2, 0) is 13.9 Å². The number of hydrogen-bond donors (Lipinski definition) is 0. The number of nitriles is 1. The van der Waals surface area contributed by atoms with Crippen LogP contribution in [0.4, 0.5) is 4.79 Å². The van der Waals surface area contributed by atoms with Crippen molar-refractivity contribution in [3.05, 3.63) is 65.7 Å². The molecule has 0 radical (unpaired) electrons. The fourth-order valence-electron chi connectivity index (χ4n) is 5.60. The van der Waals surface area contributed by atoms with Crippen LogP contribution in [0.2, 0.25) is 18.1 Å². The van der Waals surface area contributed by atoms with E-state index in [0.29, 0.717) is 43.1 Å². The van der Waals surface area contributed by atoms with E-state index in [1.165, 1.54) is 0 Å². The quantitative estimate of drug-likeness (QED) is 0.180. The Balaban J connectivity index is 1.59. The Morgan fingerprint density at radius 3 is 2.00 bits per heavy atom. The molecule has 244 valence electrons. The van der Waals surface area contributed by atoms with Crippen molar-refractivity contribution in [3.8, 4) is 11.8 Å². The van der Waals surface area contributed by atoms with Crippen molar-refractivity contribution in [3.63, 3.8) is 0 Å². The van der Waals surface area contributed by atoms with E-state index in [0.717, 1.165) is 0 Å². The summed E-state index contributed by atoms with van der Waals surface area (Å²) in [7, 11) is -2.26. The predicted molar refractivity (Wildman–Crippen MR) is 175 cm³/mol. The van der Waals surface area contributed by atoms with Crippen molar-refractivity contribution >= 4 is 20.4 Å². The zero-order valence-electron chi connectivity index (χ0n) is 28.2. The van der Waals surface area contributed by atoms with Gasteiger partial charge < -0.3 is 23.5 Å². The van der Waals surface area contributed by atoms with Crippen LogP contribution in [0.5, 0.6) is 5.75 Å². The maximum atomic E-state index is 13.2. The molecule has 0 aromatic heterocycles. The van der Waals surface area contributed by atoms with Gasteiger partial charge in [-0.2, -0.15) is 5.26 Å². The van der Waals surface area contributed by atoms with Crippen molar-refractivity contribution in [1.82, 2.24) is 9.80 Å². The molecule has 4 unspecified atom stereocenters. The molecular weight excluding hydrogens is 586 g/mol. The van der Waals surface area contributed by atoms with Gasteiger partial charge in [0.2, 0.25) is 6.29 Å². The highest BCUT2D eigenvalue weighted by Gasteiger charge is 2.49. The lowest BCUT2D eigenvalue weighted by atomic mass is 9.81. The monoisotopic (exact) mass is 635 g/mol. The first-order valence-electron chi connectivity index (χ1n) is 15.8. The van der Waals surface area contributed by atoms with E-state index < -0.39 is 20.2 Å². The summed E-state index contributed by atoms with van der Waals surface area (Å²) in [5.74, 6) is 0.00533. The number of hydrogen-bond acceptors (Lipinski definition) is 8. The van der Waals surface area contributed by atoms with E-state index in [2.05, 4.69) is 51.8 Å². The molecule has 2 bridgehead atoms. The summed E-state index contributed by atoms with van der Waals surface area (Å²) in [4.78, 5) is 30.4. The van der Waals surface area contributed by atoms with Crippen molar-refractivity contribution < 1.29 is 28.2 Å². The van der Waals surface area contributed by atoms with E-state index in [-0.39, 0.29) is 41.1 Å². The largest absolute Gasteiger partial charge is 0.464 e. The molecule has 2 fully saturated rings. The number of nitrogens with zero attached hydrogens (tertiary/aromatic N) is 3. The van der Waals surface area contributed by atoms with Crippen LogP contribution in [0, 0.1) is 23.2 Å². The van der Waals surface area contributed by atoms with Crippen LogP contribution < -0.4 is 4.74 Å². The van der Waals surface area contributed by atoms with Gasteiger partial charge >= 0.3 is 12.1 Å². The van der Waals surface area contributed by atoms with Gasteiger partial charge in [0.15, 0.2) is 8.32 Å². The fraction of sp³-hybridized carbons (Fsp3) is 0.571. The number of benzene rings is 2. The molecule has 0 N–H and O–H groups in total. The molecule has 2 aliphatic heterocycles. The molecule has 2 aromatic rings. The highest BCUT2D eigenvalue weighted by Crippen LogP contribution is 2.39. The van der Waals surface area contributed by atoms with Gasteiger partial charge in [-0.05, 0) is 82.2 Å². The van der Waals surface area contributed by atoms with E-state index in [1.807, 2.05) is 39.0 Å². The molecule has 45 heavy (non-hydrogen) atoms. The van der Waals surface area contributed by atoms with Gasteiger partial charge in [-0.1, -0.05) is 39.0 Å². The standard InChI is InChI=1S/C35H49N3O6Si/c1-24(32(44-45(8,9)35(5,6)7)41-29-17-15-25(19-36)16-18-29)37-20-27-22-38(33(40)43-34(2,3)4)23-28(21-37)30(27)42-31(39)26-13-11-10-12-14-26/h10-18,24,27-28,30,32H,20-23H2,1-9H3. The lowest BCUT2D eigenvalue weighted by Gasteiger charge is -2.52. The SMILES string of the molecule is CC(C(Oc1ccc(C#N)cc1)O[Si](C)(C)C(C)(C)C)N1CC2CN(C(=O)OC(C)(C)C)CC(C1)C2OC(=O)c1ccccc1. The molecule has 0 spiro atoms. The maximum Gasteiger partial charge on any atom is 0.410 e. The minimum absolute atomic E-state index is 0.0396. The number of fused-ring (bicyclic) bond motifs is 2. The van der Waals surface area contributed by atoms with E-state index >= 15 is 0 Å². The van der Waals surface area contributed by atoms with Gasteiger partial charge in [0.25, 0.3) is 0 Å². The molecule has 4 atom stereocenters. The predicted octanol–water partition coefficient (Wildman–Crippen LogP) is 6.70. The summed E-state index contributed by atoms with van der Waals surface area (Å²) in [6.07, 6.45) is -1.28. The van der Waals surface area contributed by atoms with Crippen LogP contribution in [0.25, 0.3) is 0 Å². The zero-order chi connectivity index (χ0) is 33.2. The Hall–Kier alpha value is -3.39. The third-order valence-electron chi connectivity index (χ3n) is 9.10. The summed E-state index contributed by atoms with van der Waals surface area (Å²) in [5.41, 5.74) is 0.459. The number of carbonyl (C=O) groups excluding carboxylic acids is 2. The van der Waals surface area contributed by atoms with E-state index in [4.69, 9.17) is 18.6 Å². The fourth-order valence-corrected chi connectivity index (χ4v) is 6.78. The van der Waals surface area contributed by atoms with E-state index in [1.54, 1.807) is 41.3 Å². The molecule has 0 aliphatic carbocycles. The topological polar surface area (TPSA) is 101 Å². The number of likely N-dealkylation sites (tertiary alicyclic amines) is 2.